The summed E-state index contributed by atoms with van der Waals surface area (Å²) >= 11 is 0. The molecule has 8 heteroatoms. The molecule has 138 valence electrons. The Hall–Kier alpha value is -3.03. The number of aromatic nitrogens is 5. The van der Waals surface area contributed by atoms with Crippen molar-refractivity contribution >= 4 is 22.9 Å². The van der Waals surface area contributed by atoms with Gasteiger partial charge < -0.3 is 10.2 Å². The fourth-order valence-corrected chi connectivity index (χ4v) is 3.56. The lowest BCUT2D eigenvalue weighted by Crippen LogP contribution is -2.39. The van der Waals surface area contributed by atoms with Crippen LogP contribution >= 0.6 is 0 Å². The number of nitrogens with zero attached hydrogens (tertiary/aromatic N) is 6. The van der Waals surface area contributed by atoms with E-state index in [1.165, 1.54) is 17.6 Å². The Morgan fingerprint density at radius 3 is 2.63 bits per heavy atom. The second-order valence-electron chi connectivity index (χ2n) is 7.27. The molecule has 1 saturated heterocycles. The van der Waals surface area contributed by atoms with Crippen molar-refractivity contribution in [2.45, 2.75) is 37.8 Å². The highest BCUT2D eigenvalue weighted by Crippen LogP contribution is 2.39. The summed E-state index contributed by atoms with van der Waals surface area (Å²) in [5.74, 6) is 1.31. The summed E-state index contributed by atoms with van der Waals surface area (Å²) in [5, 5.41) is 11.8. The third kappa shape index (κ3) is 3.47. The van der Waals surface area contributed by atoms with E-state index in [1.807, 2.05) is 36.5 Å². The third-order valence-corrected chi connectivity index (χ3v) is 5.11. The van der Waals surface area contributed by atoms with E-state index in [9.17, 15) is 4.79 Å². The first kappa shape index (κ1) is 16.2. The van der Waals surface area contributed by atoms with Crippen LogP contribution < -0.4 is 10.2 Å². The number of carbonyl (C=O) groups is 1. The number of fused-ring (bicyclic) bond motifs is 1. The molecular weight excluding hydrogens is 342 g/mol. The van der Waals surface area contributed by atoms with E-state index >= 15 is 0 Å². The molecule has 1 aliphatic carbocycles. The lowest BCUT2D eigenvalue weighted by Gasteiger charge is -2.17. The SMILES string of the molecule is O=C(Cn1nc2ccccc2n1)NC1CCN(c2nccc(C3CC3)n2)C1. The van der Waals surface area contributed by atoms with Crippen molar-refractivity contribution in [3.8, 4) is 0 Å². The van der Waals surface area contributed by atoms with Gasteiger partial charge in [-0.15, -0.1) is 0 Å². The Bertz CT molecular complexity index is 948. The number of amides is 1. The fraction of sp³-hybridized carbons (Fsp3) is 0.421. The van der Waals surface area contributed by atoms with Crippen molar-refractivity contribution in [2.24, 2.45) is 0 Å². The number of rotatable bonds is 5. The average molecular weight is 363 g/mol. The van der Waals surface area contributed by atoms with Gasteiger partial charge in [0, 0.05) is 36.9 Å². The van der Waals surface area contributed by atoms with Crippen LogP contribution in [0.4, 0.5) is 5.95 Å². The van der Waals surface area contributed by atoms with Gasteiger partial charge in [-0.2, -0.15) is 15.0 Å². The van der Waals surface area contributed by atoms with Gasteiger partial charge in [0.15, 0.2) is 0 Å². The summed E-state index contributed by atoms with van der Waals surface area (Å²) in [4.78, 5) is 25.1. The maximum atomic E-state index is 12.4. The molecule has 1 N–H and O–H groups in total. The van der Waals surface area contributed by atoms with E-state index in [2.05, 4.69) is 25.4 Å². The zero-order valence-electron chi connectivity index (χ0n) is 15.0. The van der Waals surface area contributed by atoms with Crippen molar-refractivity contribution in [1.29, 1.82) is 0 Å². The van der Waals surface area contributed by atoms with Gasteiger partial charge in [0.1, 0.15) is 17.6 Å². The lowest BCUT2D eigenvalue weighted by molar-refractivity contribution is -0.122. The number of anilines is 1. The van der Waals surface area contributed by atoms with Crippen LogP contribution in [0.3, 0.4) is 0 Å². The second-order valence-corrected chi connectivity index (χ2v) is 7.27. The van der Waals surface area contributed by atoms with Gasteiger partial charge in [0.25, 0.3) is 0 Å². The minimum atomic E-state index is -0.0743. The number of benzene rings is 1. The van der Waals surface area contributed by atoms with Gasteiger partial charge >= 0.3 is 0 Å². The quantitative estimate of drug-likeness (QED) is 0.739. The lowest BCUT2D eigenvalue weighted by atomic mass is 10.2. The largest absolute Gasteiger partial charge is 0.350 e. The van der Waals surface area contributed by atoms with Gasteiger partial charge in [-0.1, -0.05) is 12.1 Å². The molecule has 8 nitrogen and oxygen atoms in total. The first-order valence-electron chi connectivity index (χ1n) is 9.42. The standard InChI is InChI=1S/C19H21N7O/c27-18(12-26-23-16-3-1-2-4-17(16)24-26)21-14-8-10-25(11-14)19-20-9-7-15(22-19)13-5-6-13/h1-4,7,9,13-14H,5-6,8,10-12H2,(H,21,27). The van der Waals surface area contributed by atoms with E-state index in [4.69, 9.17) is 4.98 Å². The van der Waals surface area contributed by atoms with E-state index in [1.54, 1.807) is 0 Å². The summed E-state index contributed by atoms with van der Waals surface area (Å²) in [6, 6.07) is 9.71. The summed E-state index contributed by atoms with van der Waals surface area (Å²) < 4.78 is 0. The summed E-state index contributed by atoms with van der Waals surface area (Å²) in [7, 11) is 0. The molecule has 1 unspecified atom stereocenters. The van der Waals surface area contributed by atoms with E-state index in [0.29, 0.717) is 5.92 Å². The van der Waals surface area contributed by atoms with E-state index in [-0.39, 0.29) is 18.5 Å². The normalized spacial score (nSPS) is 19.6. The maximum Gasteiger partial charge on any atom is 0.243 e. The van der Waals surface area contributed by atoms with Crippen molar-refractivity contribution < 1.29 is 4.79 Å². The van der Waals surface area contributed by atoms with Crippen LogP contribution in [0.5, 0.6) is 0 Å². The second kappa shape index (κ2) is 6.61. The van der Waals surface area contributed by atoms with Crippen LogP contribution in [0.2, 0.25) is 0 Å². The molecule has 1 atom stereocenters. The molecule has 2 fully saturated rings. The molecule has 0 bridgehead atoms. The zero-order chi connectivity index (χ0) is 18.2. The van der Waals surface area contributed by atoms with Crippen molar-refractivity contribution in [1.82, 2.24) is 30.3 Å². The number of nitrogens with one attached hydrogen (secondary N) is 1. The molecule has 1 amide bonds. The number of hydrogen-bond donors (Lipinski definition) is 1. The molecule has 2 aromatic heterocycles. The summed E-state index contributed by atoms with van der Waals surface area (Å²) in [5.41, 5.74) is 2.74. The average Bonchev–Trinajstić information content (AvgIpc) is 3.29. The van der Waals surface area contributed by atoms with Crippen LogP contribution in [0.15, 0.2) is 36.5 Å². The van der Waals surface area contributed by atoms with Crippen LogP contribution in [0.1, 0.15) is 30.9 Å². The predicted octanol–water partition coefficient (Wildman–Crippen LogP) is 1.49. The minimum Gasteiger partial charge on any atom is -0.350 e. The van der Waals surface area contributed by atoms with Crippen molar-refractivity contribution in [3.63, 3.8) is 0 Å². The molecule has 5 rings (SSSR count). The van der Waals surface area contributed by atoms with E-state index in [0.717, 1.165) is 42.2 Å². The third-order valence-electron chi connectivity index (χ3n) is 5.11. The minimum absolute atomic E-state index is 0.0743. The fourth-order valence-electron chi connectivity index (χ4n) is 3.56. The highest BCUT2D eigenvalue weighted by molar-refractivity contribution is 5.77. The van der Waals surface area contributed by atoms with Crippen LogP contribution in [-0.2, 0) is 11.3 Å². The Balaban J connectivity index is 1.19. The highest BCUT2D eigenvalue weighted by Gasteiger charge is 2.29. The van der Waals surface area contributed by atoms with Gasteiger partial charge in [0.2, 0.25) is 11.9 Å². The monoisotopic (exact) mass is 363 g/mol. The van der Waals surface area contributed by atoms with Crippen LogP contribution in [-0.4, -0.2) is 50.0 Å². The number of hydrogen-bond acceptors (Lipinski definition) is 6. The smallest absolute Gasteiger partial charge is 0.243 e. The van der Waals surface area contributed by atoms with Crippen molar-refractivity contribution in [2.75, 3.05) is 18.0 Å². The van der Waals surface area contributed by atoms with Gasteiger partial charge in [-0.25, -0.2) is 9.97 Å². The molecule has 1 saturated carbocycles. The van der Waals surface area contributed by atoms with Gasteiger partial charge in [-0.05, 0) is 37.5 Å². The predicted molar refractivity (Wildman–Crippen MR) is 100 cm³/mol. The molecule has 1 aromatic carbocycles. The van der Waals surface area contributed by atoms with E-state index < -0.39 is 0 Å². The molecule has 2 aliphatic rings. The maximum absolute atomic E-state index is 12.4. The Labute approximate surface area is 156 Å². The van der Waals surface area contributed by atoms with Crippen LogP contribution in [0.25, 0.3) is 11.0 Å². The first-order chi connectivity index (χ1) is 13.2. The molecular formula is C19H21N7O. The molecule has 27 heavy (non-hydrogen) atoms. The summed E-state index contributed by atoms with van der Waals surface area (Å²) in [6.07, 6.45) is 5.18. The Morgan fingerprint density at radius 1 is 1.11 bits per heavy atom. The van der Waals surface area contributed by atoms with Crippen LogP contribution in [0, 0.1) is 0 Å². The molecule has 3 aromatic rings. The van der Waals surface area contributed by atoms with Gasteiger partial charge in [-0.3, -0.25) is 4.79 Å². The topological polar surface area (TPSA) is 88.8 Å². The molecule has 1 aliphatic heterocycles. The first-order valence-corrected chi connectivity index (χ1v) is 9.42. The molecule has 0 spiro atoms. The number of carbonyl (C=O) groups excluding carboxylic acids is 1. The highest BCUT2D eigenvalue weighted by atomic mass is 16.2. The zero-order valence-corrected chi connectivity index (χ0v) is 15.0. The Kier molecular flexibility index (Phi) is 3.95. The molecule has 3 heterocycles. The van der Waals surface area contributed by atoms with Gasteiger partial charge in [0.05, 0.1) is 0 Å². The Morgan fingerprint density at radius 2 is 1.89 bits per heavy atom. The van der Waals surface area contributed by atoms with Crippen molar-refractivity contribution in [3.05, 3.63) is 42.2 Å². The summed E-state index contributed by atoms with van der Waals surface area (Å²) in [6.45, 7) is 1.70. The molecule has 0 radical (unpaired) electrons.